The van der Waals surface area contributed by atoms with Crippen LogP contribution < -0.4 is 5.32 Å². The molecule has 0 spiro atoms. The molecule has 1 aromatic carbocycles. The lowest BCUT2D eigenvalue weighted by molar-refractivity contribution is 0.0713. The number of amides is 1. The molecule has 0 atom stereocenters. The molecule has 0 bridgehead atoms. The summed E-state index contributed by atoms with van der Waals surface area (Å²) in [6.07, 6.45) is 5.28. The minimum absolute atomic E-state index is 0.0993. The monoisotopic (exact) mass is 348 g/mol. The second-order valence-corrected chi connectivity index (χ2v) is 6.92. The minimum Gasteiger partial charge on any atom is -0.396 e. The number of carbonyl (C=O) groups is 1. The molecule has 2 aromatic rings. The highest BCUT2D eigenvalue weighted by molar-refractivity contribution is 6.30. The van der Waals surface area contributed by atoms with E-state index in [0.29, 0.717) is 17.3 Å². The van der Waals surface area contributed by atoms with Crippen LogP contribution in [-0.4, -0.2) is 29.3 Å². The van der Waals surface area contributed by atoms with Crippen LogP contribution in [0.2, 0.25) is 5.02 Å². The zero-order valence-corrected chi connectivity index (χ0v) is 14.2. The fourth-order valence-corrected chi connectivity index (χ4v) is 3.31. The predicted molar refractivity (Wildman–Crippen MR) is 91.9 cm³/mol. The SMILES string of the molecule is O=C(NCC1(CO)CCCCC1)c1cc(-c2ccc(Cl)cc2)on1. The van der Waals surface area contributed by atoms with Crippen molar-refractivity contribution in [2.45, 2.75) is 32.1 Å². The molecule has 0 aliphatic heterocycles. The van der Waals surface area contributed by atoms with E-state index in [4.69, 9.17) is 16.1 Å². The molecule has 2 N–H and O–H groups in total. The van der Waals surface area contributed by atoms with E-state index in [1.807, 2.05) is 12.1 Å². The van der Waals surface area contributed by atoms with Gasteiger partial charge in [0.05, 0.1) is 6.61 Å². The smallest absolute Gasteiger partial charge is 0.273 e. The van der Waals surface area contributed by atoms with E-state index in [1.54, 1.807) is 18.2 Å². The summed E-state index contributed by atoms with van der Waals surface area (Å²) in [5, 5.41) is 17.1. The van der Waals surface area contributed by atoms with E-state index in [2.05, 4.69) is 10.5 Å². The Kier molecular flexibility index (Phi) is 5.21. The number of nitrogens with zero attached hydrogens (tertiary/aromatic N) is 1. The molecular weight excluding hydrogens is 328 g/mol. The van der Waals surface area contributed by atoms with Crippen LogP contribution in [0.25, 0.3) is 11.3 Å². The second kappa shape index (κ2) is 7.36. The van der Waals surface area contributed by atoms with Crippen molar-refractivity contribution in [1.29, 1.82) is 0 Å². The van der Waals surface area contributed by atoms with Gasteiger partial charge in [0.1, 0.15) is 0 Å². The van der Waals surface area contributed by atoms with Crippen molar-refractivity contribution in [1.82, 2.24) is 10.5 Å². The van der Waals surface area contributed by atoms with Crippen LogP contribution in [0.4, 0.5) is 0 Å². The van der Waals surface area contributed by atoms with Gasteiger partial charge in [-0.05, 0) is 37.1 Å². The Morgan fingerprint density at radius 1 is 1.25 bits per heavy atom. The average Bonchev–Trinajstić information content (AvgIpc) is 3.11. The van der Waals surface area contributed by atoms with Crippen molar-refractivity contribution < 1.29 is 14.4 Å². The largest absolute Gasteiger partial charge is 0.396 e. The zero-order valence-electron chi connectivity index (χ0n) is 13.4. The second-order valence-electron chi connectivity index (χ2n) is 6.48. The molecule has 24 heavy (non-hydrogen) atoms. The maximum atomic E-state index is 12.3. The Balaban J connectivity index is 1.64. The van der Waals surface area contributed by atoms with E-state index >= 15 is 0 Å². The molecule has 3 rings (SSSR count). The summed E-state index contributed by atoms with van der Waals surface area (Å²) >= 11 is 5.87. The predicted octanol–water partition coefficient (Wildman–Crippen LogP) is 3.67. The van der Waals surface area contributed by atoms with E-state index in [0.717, 1.165) is 31.2 Å². The number of halogens is 1. The average molecular weight is 349 g/mol. The van der Waals surface area contributed by atoms with Crippen molar-refractivity contribution in [2.24, 2.45) is 5.41 Å². The number of hydrogen-bond donors (Lipinski definition) is 2. The summed E-state index contributed by atoms with van der Waals surface area (Å²) in [6.45, 7) is 0.563. The first-order chi connectivity index (χ1) is 11.6. The molecule has 0 saturated heterocycles. The summed E-state index contributed by atoms with van der Waals surface area (Å²) < 4.78 is 5.25. The van der Waals surface area contributed by atoms with Gasteiger partial charge < -0.3 is 14.9 Å². The van der Waals surface area contributed by atoms with Gasteiger partial charge in [-0.1, -0.05) is 36.0 Å². The first-order valence-electron chi connectivity index (χ1n) is 8.24. The number of carbonyl (C=O) groups excluding carboxylic acids is 1. The molecule has 0 radical (unpaired) electrons. The summed E-state index contributed by atoms with van der Waals surface area (Å²) in [6, 6.07) is 8.76. The molecule has 6 heteroatoms. The number of aliphatic hydroxyl groups is 1. The summed E-state index contributed by atoms with van der Waals surface area (Å²) in [7, 11) is 0. The lowest BCUT2D eigenvalue weighted by Gasteiger charge is -2.35. The van der Waals surface area contributed by atoms with Crippen molar-refractivity contribution in [2.75, 3.05) is 13.2 Å². The molecule has 1 amide bonds. The molecule has 128 valence electrons. The highest BCUT2D eigenvalue weighted by Gasteiger charge is 2.32. The molecule has 0 unspecified atom stereocenters. The van der Waals surface area contributed by atoms with Crippen LogP contribution in [0, 0.1) is 5.41 Å². The quantitative estimate of drug-likeness (QED) is 0.864. The normalized spacial score (nSPS) is 16.8. The van der Waals surface area contributed by atoms with Gasteiger partial charge in [0.25, 0.3) is 5.91 Å². The molecular formula is C18H21ClN2O3. The molecule has 1 aliphatic rings. The number of nitrogens with one attached hydrogen (secondary N) is 1. The molecule has 1 aliphatic carbocycles. The van der Waals surface area contributed by atoms with Gasteiger partial charge in [-0.25, -0.2) is 0 Å². The minimum atomic E-state index is -0.280. The van der Waals surface area contributed by atoms with E-state index < -0.39 is 0 Å². The Labute approximate surface area is 146 Å². The van der Waals surface area contributed by atoms with Gasteiger partial charge >= 0.3 is 0 Å². The highest BCUT2D eigenvalue weighted by atomic mass is 35.5. The van der Waals surface area contributed by atoms with Crippen molar-refractivity contribution in [3.05, 3.63) is 41.0 Å². The van der Waals surface area contributed by atoms with E-state index in [-0.39, 0.29) is 23.6 Å². The van der Waals surface area contributed by atoms with E-state index in [9.17, 15) is 9.90 Å². The van der Waals surface area contributed by atoms with Gasteiger partial charge in [-0.15, -0.1) is 0 Å². The van der Waals surface area contributed by atoms with Crippen molar-refractivity contribution in [3.8, 4) is 11.3 Å². The number of aliphatic hydroxyl groups excluding tert-OH is 1. The fraction of sp³-hybridized carbons (Fsp3) is 0.444. The summed E-state index contributed by atoms with van der Waals surface area (Å²) in [5.74, 6) is 0.240. The molecule has 1 heterocycles. The lowest BCUT2D eigenvalue weighted by Crippen LogP contribution is -2.41. The van der Waals surface area contributed by atoms with Crippen molar-refractivity contribution >= 4 is 17.5 Å². The Morgan fingerprint density at radius 2 is 1.96 bits per heavy atom. The third kappa shape index (κ3) is 3.79. The topological polar surface area (TPSA) is 75.4 Å². The summed E-state index contributed by atoms with van der Waals surface area (Å²) in [4.78, 5) is 12.3. The Hall–Kier alpha value is -1.85. The van der Waals surface area contributed by atoms with Crippen LogP contribution in [0.1, 0.15) is 42.6 Å². The fourth-order valence-electron chi connectivity index (χ4n) is 3.18. The number of hydrogen-bond acceptors (Lipinski definition) is 4. The molecule has 1 saturated carbocycles. The number of benzene rings is 1. The van der Waals surface area contributed by atoms with Crippen LogP contribution in [0.3, 0.4) is 0 Å². The maximum Gasteiger partial charge on any atom is 0.273 e. The summed E-state index contributed by atoms with van der Waals surface area (Å²) in [5.41, 5.74) is 0.852. The molecule has 1 fully saturated rings. The Bertz CT molecular complexity index is 691. The first kappa shape index (κ1) is 17.0. The molecule has 5 nitrogen and oxygen atoms in total. The zero-order chi connectivity index (χ0) is 17.0. The molecule has 1 aromatic heterocycles. The third-order valence-corrected chi connectivity index (χ3v) is 5.00. The van der Waals surface area contributed by atoms with Gasteiger partial charge in [0, 0.05) is 28.6 Å². The van der Waals surface area contributed by atoms with Gasteiger partial charge in [0.15, 0.2) is 11.5 Å². The maximum absolute atomic E-state index is 12.3. The first-order valence-corrected chi connectivity index (χ1v) is 8.61. The standard InChI is InChI=1S/C18H21ClN2O3/c19-14-6-4-13(5-7-14)16-10-15(21-24-16)17(23)20-11-18(12-22)8-2-1-3-9-18/h4-7,10,22H,1-3,8-9,11-12H2,(H,20,23). The number of aromatic nitrogens is 1. The van der Waals surface area contributed by atoms with Gasteiger partial charge in [-0.2, -0.15) is 0 Å². The third-order valence-electron chi connectivity index (χ3n) is 4.75. The highest BCUT2D eigenvalue weighted by Crippen LogP contribution is 2.35. The van der Waals surface area contributed by atoms with Gasteiger partial charge in [-0.3, -0.25) is 4.79 Å². The Morgan fingerprint density at radius 3 is 2.62 bits per heavy atom. The van der Waals surface area contributed by atoms with E-state index in [1.165, 1.54) is 6.42 Å². The van der Waals surface area contributed by atoms with Crippen molar-refractivity contribution in [3.63, 3.8) is 0 Å². The van der Waals surface area contributed by atoms with Crippen LogP contribution in [-0.2, 0) is 0 Å². The number of rotatable bonds is 5. The van der Waals surface area contributed by atoms with Crippen LogP contribution in [0.15, 0.2) is 34.9 Å². The van der Waals surface area contributed by atoms with Crippen LogP contribution in [0.5, 0.6) is 0 Å². The lowest BCUT2D eigenvalue weighted by atomic mass is 9.74. The van der Waals surface area contributed by atoms with Gasteiger partial charge in [0.2, 0.25) is 0 Å². The van der Waals surface area contributed by atoms with Crippen LogP contribution >= 0.6 is 11.6 Å².